The number of para-hydroxylation sites is 12. The predicted octanol–water partition coefficient (Wildman–Crippen LogP) is 15.3. The zero-order valence-electron chi connectivity index (χ0n) is 43.9. The summed E-state index contributed by atoms with van der Waals surface area (Å²) in [6.45, 7) is 25.4. The summed E-state index contributed by atoms with van der Waals surface area (Å²) in [6, 6.07) is 50.5. The molecule has 6 aromatic carbocycles. The van der Waals surface area contributed by atoms with Crippen LogP contribution < -0.4 is 59.5 Å². The van der Waals surface area contributed by atoms with Crippen molar-refractivity contribution in [1.82, 2.24) is 0 Å². The zero-order valence-corrected chi connectivity index (χ0v) is 51.5. The SMILES string of the molecule is C.C.C.CCC.CCC.CCC.CN1[CH-]N(N2[CH-]N(C)c3ccccc32)c2ccccc21.CN1[CH-]N(N2[CH-]N(C)c3ccccc32)c2ccccc21.CN1[CH-]N(N2[CH-]N(C)c3ccccc32)c2ccccc21.[Os+2].[Os+2].[Os+2]. The van der Waals surface area contributed by atoms with Crippen LogP contribution in [0.2, 0.25) is 0 Å². The van der Waals surface area contributed by atoms with Gasteiger partial charge in [0.05, 0.1) is 0 Å². The maximum Gasteiger partial charge on any atom is 2.00 e. The van der Waals surface area contributed by atoms with Crippen LogP contribution in [-0.4, -0.2) is 42.3 Å². The van der Waals surface area contributed by atoms with Crippen LogP contribution in [0.4, 0.5) is 68.2 Å². The van der Waals surface area contributed by atoms with Crippen LogP contribution in [-0.2, 0) is 59.4 Å². The van der Waals surface area contributed by atoms with Gasteiger partial charge in [0.25, 0.3) is 0 Å². The third-order valence-electron chi connectivity index (χ3n) is 11.4. The first kappa shape index (κ1) is 67.8. The van der Waals surface area contributed by atoms with Crippen molar-refractivity contribution in [2.24, 2.45) is 0 Å². The standard InChI is InChI=1S/3C16H16N4.3C3H8.3CH4.3Os/c3*1-17-11-19(15-9-5-3-7-13(15)17)20-12-18(2)14-8-4-6-10-16(14)20;3*1-3-2;;;;;;/h3*3-12H,1-2H3;3*3H2,1-2H3;3*1H4;;;/q3*-2;;;;;;;3*+2. The van der Waals surface area contributed by atoms with Crippen LogP contribution >= 0.6 is 0 Å². The van der Waals surface area contributed by atoms with E-state index in [4.69, 9.17) is 0 Å². The van der Waals surface area contributed by atoms with Gasteiger partial charge in [-0.1, -0.05) is 156 Å². The Labute approximate surface area is 494 Å². The Morgan fingerprint density at radius 2 is 0.320 bits per heavy atom. The largest absolute Gasteiger partial charge is 2.00 e. The number of benzene rings is 6. The van der Waals surface area contributed by atoms with Crippen LogP contribution in [0.3, 0.4) is 0 Å². The van der Waals surface area contributed by atoms with Crippen LogP contribution in [0.15, 0.2) is 146 Å². The van der Waals surface area contributed by atoms with Gasteiger partial charge < -0.3 is 59.5 Å². The van der Waals surface area contributed by atoms with E-state index in [1.165, 1.54) is 87.5 Å². The average molecular weight is 1540 g/mol. The summed E-state index contributed by atoms with van der Waals surface area (Å²) >= 11 is 0. The summed E-state index contributed by atoms with van der Waals surface area (Å²) in [5.41, 5.74) is 14.4. The van der Waals surface area contributed by atoms with Gasteiger partial charge in [-0.15, -0.1) is 40.0 Å². The van der Waals surface area contributed by atoms with E-state index >= 15 is 0 Å². The van der Waals surface area contributed by atoms with E-state index in [0.29, 0.717) is 0 Å². The molecular weight excluding hydrogens is 1460 g/mol. The fourth-order valence-corrected chi connectivity index (χ4v) is 8.50. The second-order valence-corrected chi connectivity index (χ2v) is 17.5. The Hall–Kier alpha value is -5.17. The number of rotatable bonds is 3. The molecule has 0 fully saturated rings. The molecular formula is C60H84N12Os3. The van der Waals surface area contributed by atoms with E-state index < -0.39 is 0 Å². The number of anilines is 12. The number of hydrogen-bond acceptors (Lipinski definition) is 12. The summed E-state index contributed by atoms with van der Waals surface area (Å²) < 4.78 is 0. The van der Waals surface area contributed by atoms with E-state index in [9.17, 15) is 0 Å². The Morgan fingerprint density at radius 1 is 0.227 bits per heavy atom. The van der Waals surface area contributed by atoms with Crippen molar-refractivity contribution in [2.45, 2.75) is 83.1 Å². The molecule has 0 amide bonds. The fraction of sp³-hybridized carbons (Fsp3) is 0.300. The molecule has 6 aliphatic rings. The molecule has 12 rings (SSSR count). The van der Waals surface area contributed by atoms with Gasteiger partial charge in [0.15, 0.2) is 0 Å². The third-order valence-corrected chi connectivity index (χ3v) is 11.4. The summed E-state index contributed by atoms with van der Waals surface area (Å²) in [6.07, 6.45) is 3.75. The van der Waals surface area contributed by atoms with Crippen molar-refractivity contribution in [2.75, 3.05) is 102 Å². The zero-order chi connectivity index (χ0) is 49.2. The minimum atomic E-state index is 0. The molecule has 0 aliphatic carbocycles. The average Bonchev–Trinajstić information content (AvgIpc) is 4.21. The minimum absolute atomic E-state index is 0. The van der Waals surface area contributed by atoms with E-state index in [1.807, 2.05) is 0 Å². The molecule has 6 aliphatic heterocycles. The van der Waals surface area contributed by atoms with Crippen LogP contribution in [0.25, 0.3) is 0 Å². The van der Waals surface area contributed by atoms with Crippen molar-refractivity contribution < 1.29 is 59.4 Å². The second kappa shape index (κ2) is 31.8. The summed E-state index contributed by atoms with van der Waals surface area (Å²) in [4.78, 5) is 12.9. The number of hydrazine groups is 3. The molecule has 0 atom stereocenters. The minimum Gasteiger partial charge on any atom is -0.502 e. The molecule has 0 radical (unpaired) electrons. The topological polar surface area (TPSA) is 38.9 Å². The molecule has 0 saturated carbocycles. The molecule has 6 heterocycles. The quantitative estimate of drug-likeness (QED) is 0.159. The molecule has 75 heavy (non-hydrogen) atoms. The van der Waals surface area contributed by atoms with E-state index in [2.05, 4.69) is 329 Å². The van der Waals surface area contributed by atoms with Gasteiger partial charge >= 0.3 is 59.4 Å². The van der Waals surface area contributed by atoms with E-state index in [0.717, 1.165) is 0 Å². The molecule has 0 saturated heterocycles. The first-order valence-electron chi connectivity index (χ1n) is 24.3. The van der Waals surface area contributed by atoms with Gasteiger partial charge in [-0.3, -0.25) is 0 Å². The molecule has 0 spiro atoms. The smallest absolute Gasteiger partial charge is 0.502 e. The Morgan fingerprint density at radius 3 is 0.427 bits per heavy atom. The van der Waals surface area contributed by atoms with Crippen molar-refractivity contribution in [3.63, 3.8) is 0 Å². The van der Waals surface area contributed by atoms with Gasteiger partial charge in [0, 0.05) is 68.2 Å². The van der Waals surface area contributed by atoms with Crippen LogP contribution in [0, 0.1) is 40.0 Å². The number of fused-ring (bicyclic) bond motifs is 6. The number of hydrogen-bond donors (Lipinski definition) is 0. The van der Waals surface area contributed by atoms with E-state index in [1.54, 1.807) is 0 Å². The molecule has 0 aromatic heterocycles. The van der Waals surface area contributed by atoms with Gasteiger partial charge in [-0.25, -0.2) is 0 Å². The summed E-state index contributed by atoms with van der Waals surface area (Å²) in [5.74, 6) is 0. The van der Waals surface area contributed by atoms with Gasteiger partial charge in [0.2, 0.25) is 0 Å². The van der Waals surface area contributed by atoms with Gasteiger partial charge in [-0.05, 0) is 115 Å². The van der Waals surface area contributed by atoms with Crippen molar-refractivity contribution >= 4 is 68.2 Å². The van der Waals surface area contributed by atoms with Crippen LogP contribution in [0.5, 0.6) is 0 Å². The molecule has 0 bridgehead atoms. The van der Waals surface area contributed by atoms with E-state index in [-0.39, 0.29) is 81.7 Å². The van der Waals surface area contributed by atoms with Crippen molar-refractivity contribution in [1.29, 1.82) is 0 Å². The molecule has 0 N–H and O–H groups in total. The molecule has 15 heteroatoms. The number of nitrogens with zero attached hydrogens (tertiary/aromatic N) is 12. The van der Waals surface area contributed by atoms with Crippen LogP contribution in [0.1, 0.15) is 83.1 Å². The molecule has 408 valence electrons. The first-order chi connectivity index (χ1) is 33.5. The van der Waals surface area contributed by atoms with Gasteiger partial charge in [-0.2, -0.15) is 0 Å². The first-order valence-corrected chi connectivity index (χ1v) is 24.3. The monoisotopic (exact) mass is 1550 g/mol. The maximum atomic E-state index is 2.18. The normalized spacial score (nSPS) is 14.1. The molecule has 6 aromatic rings. The summed E-state index contributed by atoms with van der Waals surface area (Å²) in [7, 11) is 12.4. The predicted molar refractivity (Wildman–Crippen MR) is 318 cm³/mol. The van der Waals surface area contributed by atoms with Crippen molar-refractivity contribution in [3.05, 3.63) is 186 Å². The fourth-order valence-electron chi connectivity index (χ4n) is 8.50. The van der Waals surface area contributed by atoms with Gasteiger partial charge in [0.1, 0.15) is 0 Å². The maximum absolute atomic E-state index is 2.18. The van der Waals surface area contributed by atoms with Crippen molar-refractivity contribution in [3.8, 4) is 0 Å². The third kappa shape index (κ3) is 14.7. The second-order valence-electron chi connectivity index (χ2n) is 17.5. The molecule has 12 nitrogen and oxygen atoms in total. The Bertz CT molecular complexity index is 2130. The Balaban J connectivity index is 0.000000502. The molecule has 0 unspecified atom stereocenters. The summed E-state index contributed by atoms with van der Waals surface area (Å²) in [5, 5.41) is 13.1. The Kier molecular flexibility index (Phi) is 28.7.